The normalized spacial score (nSPS) is 10.1. The predicted molar refractivity (Wildman–Crippen MR) is 79.4 cm³/mol. The van der Waals surface area contributed by atoms with Crippen LogP contribution in [-0.4, -0.2) is 11.8 Å². The van der Waals surface area contributed by atoms with Crippen LogP contribution in [-0.2, 0) is 0 Å². The van der Waals surface area contributed by atoms with Crippen molar-refractivity contribution in [2.45, 2.75) is 0 Å². The first-order valence-corrected chi connectivity index (χ1v) is 6.40. The average molecular weight is 309 g/mol. The Morgan fingerprint density at radius 3 is 2.10 bits per heavy atom. The van der Waals surface area contributed by atoms with E-state index in [1.165, 1.54) is 12.1 Å². The van der Waals surface area contributed by atoms with Gasteiger partial charge in [0.2, 0.25) is 5.91 Å². The maximum Gasteiger partial charge on any atom is 0.257 e. The van der Waals surface area contributed by atoms with Crippen LogP contribution in [0.2, 0.25) is 10.0 Å². The Bertz CT molecular complexity index is 672. The number of rotatable bonds is 3. The highest BCUT2D eigenvalue weighted by Gasteiger charge is 2.16. The summed E-state index contributed by atoms with van der Waals surface area (Å²) in [5.41, 5.74) is 6.03. The molecule has 20 heavy (non-hydrogen) atoms. The van der Waals surface area contributed by atoms with Crippen LogP contribution in [0.5, 0.6) is 0 Å². The lowest BCUT2D eigenvalue weighted by atomic mass is 10.1. The maximum absolute atomic E-state index is 12.1. The van der Waals surface area contributed by atoms with E-state index in [-0.39, 0.29) is 21.2 Å². The number of primary amides is 1. The van der Waals surface area contributed by atoms with Gasteiger partial charge in [0.15, 0.2) is 0 Å². The Hall–Kier alpha value is -2.04. The van der Waals surface area contributed by atoms with E-state index in [0.717, 1.165) is 0 Å². The Balaban J connectivity index is 2.31. The SMILES string of the molecule is NC(=O)c1cc(Cl)c(C(=O)Nc2ccccc2)cc1Cl. The van der Waals surface area contributed by atoms with E-state index >= 15 is 0 Å². The van der Waals surface area contributed by atoms with Gasteiger partial charge in [0.25, 0.3) is 5.91 Å². The number of halogens is 2. The van der Waals surface area contributed by atoms with Crippen molar-refractivity contribution < 1.29 is 9.59 Å². The molecule has 102 valence electrons. The van der Waals surface area contributed by atoms with Crippen molar-refractivity contribution in [3.8, 4) is 0 Å². The molecule has 2 amide bonds. The van der Waals surface area contributed by atoms with Crippen molar-refractivity contribution in [2.24, 2.45) is 5.73 Å². The highest BCUT2D eigenvalue weighted by atomic mass is 35.5. The number of nitrogens with two attached hydrogens (primary N) is 1. The third-order valence-corrected chi connectivity index (χ3v) is 3.22. The Labute approximate surface area is 125 Å². The third kappa shape index (κ3) is 3.10. The molecule has 0 aliphatic rings. The van der Waals surface area contributed by atoms with Gasteiger partial charge in [0.1, 0.15) is 0 Å². The van der Waals surface area contributed by atoms with Gasteiger partial charge in [0.05, 0.1) is 21.2 Å². The van der Waals surface area contributed by atoms with Gasteiger partial charge in [-0.3, -0.25) is 9.59 Å². The van der Waals surface area contributed by atoms with E-state index in [2.05, 4.69) is 5.32 Å². The summed E-state index contributed by atoms with van der Waals surface area (Å²) >= 11 is 11.9. The number of anilines is 1. The monoisotopic (exact) mass is 308 g/mol. The second-order valence-corrected chi connectivity index (χ2v) is 4.81. The van der Waals surface area contributed by atoms with E-state index in [4.69, 9.17) is 28.9 Å². The van der Waals surface area contributed by atoms with Gasteiger partial charge in [-0.2, -0.15) is 0 Å². The number of amides is 2. The first-order chi connectivity index (χ1) is 9.49. The van der Waals surface area contributed by atoms with Crippen LogP contribution in [0.15, 0.2) is 42.5 Å². The number of carbonyl (C=O) groups is 2. The molecule has 2 rings (SSSR count). The van der Waals surface area contributed by atoms with Crippen molar-refractivity contribution in [3.05, 3.63) is 63.6 Å². The summed E-state index contributed by atoms with van der Waals surface area (Å²) in [6.45, 7) is 0. The van der Waals surface area contributed by atoms with Crippen molar-refractivity contribution in [2.75, 3.05) is 5.32 Å². The zero-order valence-electron chi connectivity index (χ0n) is 10.2. The number of hydrogen-bond acceptors (Lipinski definition) is 2. The third-order valence-electron chi connectivity index (χ3n) is 2.60. The first-order valence-electron chi connectivity index (χ1n) is 5.64. The molecule has 0 saturated heterocycles. The summed E-state index contributed by atoms with van der Waals surface area (Å²) in [7, 11) is 0. The number of hydrogen-bond donors (Lipinski definition) is 2. The van der Waals surface area contributed by atoms with Gasteiger partial charge >= 0.3 is 0 Å². The molecule has 0 aromatic heterocycles. The van der Waals surface area contributed by atoms with Gasteiger partial charge in [-0.05, 0) is 24.3 Å². The zero-order valence-corrected chi connectivity index (χ0v) is 11.7. The molecule has 0 aliphatic carbocycles. The second kappa shape index (κ2) is 5.94. The number of nitrogens with one attached hydrogen (secondary N) is 1. The second-order valence-electron chi connectivity index (χ2n) is 4.00. The van der Waals surface area contributed by atoms with Crippen LogP contribution >= 0.6 is 23.2 Å². The summed E-state index contributed by atoms with van der Waals surface area (Å²) in [5.74, 6) is -1.12. The van der Waals surface area contributed by atoms with Crippen LogP contribution in [0.4, 0.5) is 5.69 Å². The lowest BCUT2D eigenvalue weighted by Crippen LogP contribution is -2.15. The lowest BCUT2D eigenvalue weighted by Gasteiger charge is -2.09. The number of carbonyl (C=O) groups excluding carboxylic acids is 2. The van der Waals surface area contributed by atoms with Crippen molar-refractivity contribution in [1.29, 1.82) is 0 Å². The topological polar surface area (TPSA) is 72.2 Å². The van der Waals surface area contributed by atoms with Gasteiger partial charge in [-0.15, -0.1) is 0 Å². The molecule has 2 aromatic carbocycles. The quantitative estimate of drug-likeness (QED) is 0.912. The summed E-state index contributed by atoms with van der Waals surface area (Å²) in [4.78, 5) is 23.2. The van der Waals surface area contributed by atoms with Crippen molar-refractivity contribution >= 4 is 40.7 Å². The molecule has 4 nitrogen and oxygen atoms in total. The zero-order chi connectivity index (χ0) is 14.7. The average Bonchev–Trinajstić information content (AvgIpc) is 2.41. The Kier molecular flexibility index (Phi) is 4.27. The highest BCUT2D eigenvalue weighted by Crippen LogP contribution is 2.26. The van der Waals surface area contributed by atoms with Gasteiger partial charge in [0, 0.05) is 5.69 Å². The Morgan fingerprint density at radius 1 is 0.950 bits per heavy atom. The molecular formula is C14H10Cl2N2O2. The molecule has 6 heteroatoms. The predicted octanol–water partition coefficient (Wildman–Crippen LogP) is 3.34. The summed E-state index contributed by atoms with van der Waals surface area (Å²) in [5, 5.41) is 2.87. The molecule has 2 aromatic rings. The summed E-state index contributed by atoms with van der Waals surface area (Å²) in [6, 6.07) is 11.5. The molecule has 0 aliphatic heterocycles. The minimum absolute atomic E-state index is 0.0768. The van der Waals surface area contributed by atoms with E-state index in [1.54, 1.807) is 24.3 Å². The van der Waals surface area contributed by atoms with Crippen LogP contribution in [0.3, 0.4) is 0 Å². The van der Waals surface area contributed by atoms with Gasteiger partial charge in [-0.25, -0.2) is 0 Å². The first kappa shape index (κ1) is 14.4. The van der Waals surface area contributed by atoms with Gasteiger partial charge in [-0.1, -0.05) is 41.4 Å². The molecule has 0 fully saturated rings. The highest BCUT2D eigenvalue weighted by molar-refractivity contribution is 6.38. The fourth-order valence-corrected chi connectivity index (χ4v) is 2.14. The van der Waals surface area contributed by atoms with Crippen LogP contribution in [0.1, 0.15) is 20.7 Å². The molecular weight excluding hydrogens is 299 g/mol. The Morgan fingerprint density at radius 2 is 1.50 bits per heavy atom. The molecule has 3 N–H and O–H groups in total. The fraction of sp³-hybridized carbons (Fsp3) is 0. The maximum atomic E-state index is 12.1. The number of benzene rings is 2. The summed E-state index contributed by atoms with van der Waals surface area (Å²) in [6.07, 6.45) is 0. The van der Waals surface area contributed by atoms with E-state index < -0.39 is 11.8 Å². The van der Waals surface area contributed by atoms with Crippen LogP contribution in [0, 0.1) is 0 Å². The largest absolute Gasteiger partial charge is 0.366 e. The molecule has 0 spiro atoms. The number of para-hydroxylation sites is 1. The molecule has 0 atom stereocenters. The van der Waals surface area contributed by atoms with E-state index in [1.807, 2.05) is 6.07 Å². The minimum atomic E-state index is -0.702. The summed E-state index contributed by atoms with van der Waals surface area (Å²) < 4.78 is 0. The molecule has 0 saturated carbocycles. The molecule has 0 bridgehead atoms. The smallest absolute Gasteiger partial charge is 0.257 e. The van der Waals surface area contributed by atoms with Gasteiger partial charge < -0.3 is 11.1 Å². The minimum Gasteiger partial charge on any atom is -0.366 e. The van der Waals surface area contributed by atoms with E-state index in [0.29, 0.717) is 5.69 Å². The van der Waals surface area contributed by atoms with E-state index in [9.17, 15) is 9.59 Å². The molecule has 0 heterocycles. The molecule has 0 radical (unpaired) electrons. The fourth-order valence-electron chi connectivity index (χ4n) is 1.63. The molecule has 0 unspecified atom stereocenters. The van der Waals surface area contributed by atoms with Crippen LogP contribution in [0.25, 0.3) is 0 Å². The van der Waals surface area contributed by atoms with Crippen LogP contribution < -0.4 is 11.1 Å². The van der Waals surface area contributed by atoms with Crippen molar-refractivity contribution in [1.82, 2.24) is 0 Å². The standard InChI is InChI=1S/C14H10Cl2N2O2/c15-11-7-10(12(16)6-9(11)13(17)19)14(20)18-8-4-2-1-3-5-8/h1-7H,(H2,17,19)(H,18,20). The lowest BCUT2D eigenvalue weighted by molar-refractivity contribution is 0.0995. The van der Waals surface area contributed by atoms with Crippen molar-refractivity contribution in [3.63, 3.8) is 0 Å².